The minimum absolute atomic E-state index is 0.210. The summed E-state index contributed by atoms with van der Waals surface area (Å²) in [5, 5.41) is 3.27. The molecule has 0 bridgehead atoms. The van der Waals surface area contributed by atoms with Gasteiger partial charge in [-0.2, -0.15) is 0 Å². The molecule has 2 aromatic rings. The van der Waals surface area contributed by atoms with Gasteiger partial charge in [0.1, 0.15) is 5.82 Å². The maximum atomic E-state index is 12.7. The summed E-state index contributed by atoms with van der Waals surface area (Å²) in [5.41, 5.74) is 2.10. The topological polar surface area (TPSA) is 29.9 Å². The van der Waals surface area contributed by atoms with Gasteiger partial charge in [0.05, 0.1) is 18.6 Å². The third-order valence-electron chi connectivity index (χ3n) is 3.00. The zero-order valence-electron chi connectivity index (χ0n) is 9.44. The molecule has 0 amide bonds. The summed E-state index contributed by atoms with van der Waals surface area (Å²) in [6.07, 6.45) is 6.27. The maximum absolute atomic E-state index is 12.7. The molecule has 1 aromatic carbocycles. The van der Waals surface area contributed by atoms with Crippen LogP contribution < -0.4 is 5.32 Å². The van der Waals surface area contributed by atoms with E-state index >= 15 is 0 Å². The van der Waals surface area contributed by atoms with Crippen LogP contribution in [0.3, 0.4) is 0 Å². The van der Waals surface area contributed by atoms with Gasteiger partial charge in [-0.1, -0.05) is 0 Å². The number of aromatic nitrogens is 2. The first-order valence-corrected chi connectivity index (χ1v) is 5.83. The molecule has 0 radical (unpaired) electrons. The molecule has 1 N–H and O–H groups in total. The second-order valence-corrected chi connectivity index (χ2v) is 4.38. The van der Waals surface area contributed by atoms with Crippen molar-refractivity contribution in [1.29, 1.82) is 0 Å². The van der Waals surface area contributed by atoms with Gasteiger partial charge in [0.15, 0.2) is 0 Å². The van der Waals surface area contributed by atoms with Crippen molar-refractivity contribution in [2.24, 2.45) is 0 Å². The van der Waals surface area contributed by atoms with Crippen LogP contribution in [0.5, 0.6) is 0 Å². The summed E-state index contributed by atoms with van der Waals surface area (Å²) in [4.78, 5) is 4.17. The van der Waals surface area contributed by atoms with Crippen molar-refractivity contribution in [2.45, 2.75) is 25.4 Å². The number of imidazole rings is 1. The van der Waals surface area contributed by atoms with Crippen molar-refractivity contribution in [1.82, 2.24) is 9.55 Å². The highest BCUT2D eigenvalue weighted by molar-refractivity contribution is 5.43. The lowest BCUT2D eigenvalue weighted by Crippen LogP contribution is -2.05. The van der Waals surface area contributed by atoms with Crippen molar-refractivity contribution in [3.8, 4) is 0 Å². The highest BCUT2D eigenvalue weighted by atomic mass is 19.1. The molecule has 1 aliphatic rings. The Morgan fingerprint density at radius 2 is 2.06 bits per heavy atom. The third kappa shape index (κ3) is 2.30. The van der Waals surface area contributed by atoms with Crippen LogP contribution in [0.1, 0.15) is 24.6 Å². The zero-order valence-corrected chi connectivity index (χ0v) is 9.44. The van der Waals surface area contributed by atoms with E-state index < -0.39 is 0 Å². The van der Waals surface area contributed by atoms with Gasteiger partial charge in [-0.3, -0.25) is 0 Å². The summed E-state index contributed by atoms with van der Waals surface area (Å²) >= 11 is 0. The van der Waals surface area contributed by atoms with E-state index in [1.54, 1.807) is 12.1 Å². The minimum atomic E-state index is -0.210. The lowest BCUT2D eigenvalue weighted by molar-refractivity contribution is 0.628. The first-order chi connectivity index (χ1) is 8.33. The van der Waals surface area contributed by atoms with E-state index in [9.17, 15) is 4.39 Å². The number of hydrogen-bond donors (Lipinski definition) is 1. The van der Waals surface area contributed by atoms with Gasteiger partial charge in [-0.25, -0.2) is 9.37 Å². The molecule has 88 valence electrons. The van der Waals surface area contributed by atoms with Crippen LogP contribution in [0, 0.1) is 5.82 Å². The molecular formula is C13H14FN3. The monoisotopic (exact) mass is 231 g/mol. The molecule has 0 aliphatic heterocycles. The number of rotatable bonds is 4. The largest absolute Gasteiger partial charge is 0.379 e. The van der Waals surface area contributed by atoms with Crippen molar-refractivity contribution in [3.05, 3.63) is 48.3 Å². The first kappa shape index (κ1) is 10.3. The van der Waals surface area contributed by atoms with E-state index in [1.165, 1.54) is 30.7 Å². The third-order valence-corrected chi connectivity index (χ3v) is 3.00. The number of nitrogens with zero attached hydrogens (tertiary/aromatic N) is 2. The molecule has 3 nitrogen and oxygen atoms in total. The molecule has 17 heavy (non-hydrogen) atoms. The highest BCUT2D eigenvalue weighted by Gasteiger charge is 2.24. The van der Waals surface area contributed by atoms with Crippen molar-refractivity contribution in [2.75, 3.05) is 5.32 Å². The molecule has 1 aromatic heterocycles. The van der Waals surface area contributed by atoms with Crippen LogP contribution in [-0.4, -0.2) is 9.55 Å². The lowest BCUT2D eigenvalue weighted by Gasteiger charge is -2.09. The second-order valence-electron chi connectivity index (χ2n) is 4.38. The van der Waals surface area contributed by atoms with Crippen molar-refractivity contribution < 1.29 is 4.39 Å². The first-order valence-electron chi connectivity index (χ1n) is 5.83. The average molecular weight is 231 g/mol. The Labute approximate surface area is 99.3 Å². The highest BCUT2D eigenvalue weighted by Crippen LogP contribution is 2.35. The predicted octanol–water partition coefficient (Wildman–Crippen LogP) is 2.97. The van der Waals surface area contributed by atoms with Crippen LogP contribution in [-0.2, 0) is 6.54 Å². The van der Waals surface area contributed by atoms with Gasteiger partial charge in [-0.15, -0.1) is 0 Å². The van der Waals surface area contributed by atoms with Crippen LogP contribution in [0.4, 0.5) is 10.1 Å². The smallest absolute Gasteiger partial charge is 0.123 e. The molecule has 1 aliphatic carbocycles. The summed E-state index contributed by atoms with van der Waals surface area (Å²) < 4.78 is 15.0. The number of nitrogens with one attached hydrogen (secondary N) is 1. The molecule has 3 rings (SSSR count). The Kier molecular flexibility index (Phi) is 2.55. The fourth-order valence-electron chi connectivity index (χ4n) is 1.91. The van der Waals surface area contributed by atoms with Crippen molar-refractivity contribution >= 4 is 5.69 Å². The summed E-state index contributed by atoms with van der Waals surface area (Å²) in [7, 11) is 0. The molecule has 1 fully saturated rings. The zero-order chi connectivity index (χ0) is 11.7. The number of benzene rings is 1. The van der Waals surface area contributed by atoms with Gasteiger partial charge in [0.25, 0.3) is 0 Å². The Hall–Kier alpha value is -1.84. The van der Waals surface area contributed by atoms with Gasteiger partial charge in [0.2, 0.25) is 0 Å². The molecular weight excluding hydrogens is 217 g/mol. The number of anilines is 1. The standard InChI is InChI=1S/C13H14FN3/c14-10-1-3-11(4-2-10)16-8-13-7-15-9-17(13)12-5-6-12/h1-4,7,9,12,16H,5-6,8H2. The van der Waals surface area contributed by atoms with E-state index in [4.69, 9.17) is 0 Å². The lowest BCUT2D eigenvalue weighted by atomic mass is 10.3. The van der Waals surface area contributed by atoms with Crippen LogP contribution >= 0.6 is 0 Å². The minimum Gasteiger partial charge on any atom is -0.379 e. The molecule has 0 spiro atoms. The van der Waals surface area contributed by atoms with Crippen molar-refractivity contribution in [3.63, 3.8) is 0 Å². The molecule has 1 heterocycles. The number of hydrogen-bond acceptors (Lipinski definition) is 2. The summed E-state index contributed by atoms with van der Waals surface area (Å²) in [6, 6.07) is 7.05. The Morgan fingerprint density at radius 3 is 2.76 bits per heavy atom. The SMILES string of the molecule is Fc1ccc(NCc2cncn2C2CC2)cc1. The molecule has 0 unspecified atom stereocenters. The normalized spacial score (nSPS) is 14.9. The van der Waals surface area contributed by atoms with Gasteiger partial charge in [-0.05, 0) is 37.1 Å². The Morgan fingerprint density at radius 1 is 1.29 bits per heavy atom. The van der Waals surface area contributed by atoms with Crippen LogP contribution in [0.25, 0.3) is 0 Å². The Balaban J connectivity index is 1.67. The van der Waals surface area contributed by atoms with Gasteiger partial charge in [0, 0.05) is 17.9 Å². The van der Waals surface area contributed by atoms with Gasteiger partial charge >= 0.3 is 0 Å². The quantitative estimate of drug-likeness (QED) is 0.876. The van der Waals surface area contributed by atoms with Crippen LogP contribution in [0.2, 0.25) is 0 Å². The summed E-state index contributed by atoms with van der Waals surface area (Å²) in [5.74, 6) is -0.210. The van der Waals surface area contributed by atoms with E-state index in [2.05, 4.69) is 14.9 Å². The fraction of sp³-hybridized carbons (Fsp3) is 0.308. The van der Waals surface area contributed by atoms with Gasteiger partial charge < -0.3 is 9.88 Å². The average Bonchev–Trinajstić information content (AvgIpc) is 3.08. The maximum Gasteiger partial charge on any atom is 0.123 e. The van der Waals surface area contributed by atoms with E-state index in [0.717, 1.165) is 12.2 Å². The number of halogens is 1. The second kappa shape index (κ2) is 4.20. The molecule has 0 atom stereocenters. The molecule has 4 heteroatoms. The van der Waals surface area contributed by atoms with E-state index in [0.29, 0.717) is 6.04 Å². The van der Waals surface area contributed by atoms with Crippen LogP contribution in [0.15, 0.2) is 36.8 Å². The predicted molar refractivity (Wildman–Crippen MR) is 64.2 cm³/mol. The molecule has 0 saturated heterocycles. The fourth-order valence-corrected chi connectivity index (χ4v) is 1.91. The van der Waals surface area contributed by atoms with E-state index in [-0.39, 0.29) is 5.82 Å². The Bertz CT molecular complexity index is 500. The van der Waals surface area contributed by atoms with E-state index in [1.807, 2.05) is 12.5 Å². The summed E-state index contributed by atoms with van der Waals surface area (Å²) in [6.45, 7) is 0.724. The molecule has 1 saturated carbocycles.